The molecule has 0 N–H and O–H groups in total. The van der Waals surface area contributed by atoms with Crippen molar-refractivity contribution in [3.8, 4) is 0 Å². The van der Waals surface area contributed by atoms with E-state index < -0.39 is 7.32 Å². The molecular formula is C8H25BN2O3S. The molecule has 7 heteroatoms. The lowest BCUT2D eigenvalue weighted by Crippen LogP contribution is -2.45. The number of thiol groups is 1. The Labute approximate surface area is 100 Å². The van der Waals surface area contributed by atoms with Crippen molar-refractivity contribution in [2.24, 2.45) is 0 Å². The van der Waals surface area contributed by atoms with Gasteiger partial charge in [-0.2, -0.15) is 0 Å². The van der Waals surface area contributed by atoms with Gasteiger partial charge in [-0.15, -0.1) is 0 Å². The van der Waals surface area contributed by atoms with Crippen LogP contribution in [-0.2, 0) is 4.10 Å². The Morgan fingerprint density at radius 1 is 0.800 bits per heavy atom. The Morgan fingerprint density at radius 3 is 0.867 bits per heavy atom. The fourth-order valence-electron chi connectivity index (χ4n) is 0. The maximum absolute atomic E-state index is 9.04. The van der Waals surface area contributed by atoms with Crippen molar-refractivity contribution in [3.63, 3.8) is 0 Å². The highest BCUT2D eigenvalue weighted by Crippen LogP contribution is 1.74. The highest BCUT2D eigenvalue weighted by molar-refractivity contribution is 7.76. The number of quaternary nitrogens is 2. The maximum atomic E-state index is 9.04. The zero-order valence-electron chi connectivity index (χ0n) is 11.1. The smallest absolute Gasteiger partial charge is 0.0809 e. The van der Waals surface area contributed by atoms with Crippen LogP contribution in [0, 0.1) is 0 Å². The van der Waals surface area contributed by atoms with Crippen molar-refractivity contribution in [2.45, 2.75) is 0 Å². The summed E-state index contributed by atoms with van der Waals surface area (Å²) in [5.74, 6) is 0. The molecule has 0 aliphatic rings. The summed E-state index contributed by atoms with van der Waals surface area (Å²) in [7, 11) is 14.7. The average molecular weight is 240 g/mol. The Bertz CT molecular complexity index is 111. The summed E-state index contributed by atoms with van der Waals surface area (Å²) in [4.78, 5) is 0. The zero-order valence-corrected chi connectivity index (χ0v) is 12.0. The second-order valence-corrected chi connectivity index (χ2v) is 5.97. The lowest BCUT2D eigenvalue weighted by Gasteiger charge is -2.19. The van der Waals surface area contributed by atoms with Crippen molar-refractivity contribution in [3.05, 3.63) is 0 Å². The Kier molecular flexibility index (Phi) is 13.0. The molecule has 0 amide bonds. The molecule has 0 rings (SSSR count). The SMILES string of the molecule is C[N+](C)(C)C.C[N+](C)(C)C.[O-]B([O-])OS. The molecule has 0 aromatic heterocycles. The molecule has 0 atom stereocenters. The summed E-state index contributed by atoms with van der Waals surface area (Å²) in [6, 6.07) is 0. The molecule has 0 radical (unpaired) electrons. The van der Waals surface area contributed by atoms with Gasteiger partial charge in [-0.1, -0.05) is 0 Å². The Hall–Kier alpha value is 0.215. The highest BCUT2D eigenvalue weighted by atomic mass is 32.1. The van der Waals surface area contributed by atoms with Crippen LogP contribution < -0.4 is 10.0 Å². The van der Waals surface area contributed by atoms with Gasteiger partial charge in [0, 0.05) is 0 Å². The van der Waals surface area contributed by atoms with E-state index in [1.807, 2.05) is 0 Å². The minimum Gasteiger partial charge on any atom is -0.870 e. The predicted octanol–water partition coefficient (Wildman–Crippen LogP) is -1.80. The summed E-state index contributed by atoms with van der Waals surface area (Å²) in [6.45, 7) is 0. The van der Waals surface area contributed by atoms with Gasteiger partial charge in [0.05, 0.1) is 63.7 Å². The van der Waals surface area contributed by atoms with E-state index in [9.17, 15) is 0 Å². The molecule has 0 fully saturated rings. The van der Waals surface area contributed by atoms with Crippen LogP contribution in [-0.4, -0.2) is 72.7 Å². The molecule has 0 aromatic rings. The topological polar surface area (TPSA) is 55.3 Å². The molecule has 5 nitrogen and oxygen atoms in total. The van der Waals surface area contributed by atoms with E-state index in [0.29, 0.717) is 0 Å². The number of hydrogen-bond donors (Lipinski definition) is 1. The van der Waals surface area contributed by atoms with Crippen LogP contribution in [0.4, 0.5) is 0 Å². The monoisotopic (exact) mass is 240 g/mol. The first-order chi connectivity index (χ1) is 6.27. The molecule has 0 unspecified atom stereocenters. The first kappa shape index (κ1) is 20.6. The molecule has 0 heterocycles. The van der Waals surface area contributed by atoms with Gasteiger partial charge in [-0.25, -0.2) is 0 Å². The third kappa shape index (κ3) is 432. The second kappa shape index (κ2) is 9.44. The van der Waals surface area contributed by atoms with Crippen molar-refractivity contribution in [1.29, 1.82) is 0 Å². The summed E-state index contributed by atoms with van der Waals surface area (Å²) < 4.78 is 5.33. The van der Waals surface area contributed by atoms with E-state index in [2.05, 4.69) is 73.4 Å². The van der Waals surface area contributed by atoms with Crippen LogP contribution in [0.5, 0.6) is 0 Å². The van der Waals surface area contributed by atoms with Crippen molar-refractivity contribution in [2.75, 3.05) is 56.4 Å². The first-order valence-corrected chi connectivity index (χ1v) is 4.83. The normalized spacial score (nSPS) is 10.6. The zero-order chi connectivity index (χ0) is 13.3. The van der Waals surface area contributed by atoms with Crippen molar-refractivity contribution >= 4 is 20.2 Å². The summed E-state index contributed by atoms with van der Waals surface area (Å²) in [5.41, 5.74) is 0. The van der Waals surface area contributed by atoms with Gasteiger partial charge in [0.25, 0.3) is 0 Å². The number of hydrogen-bond acceptors (Lipinski definition) is 4. The molecule has 0 bridgehead atoms. The Morgan fingerprint density at radius 2 is 0.867 bits per heavy atom. The molecular weight excluding hydrogens is 215 g/mol. The van der Waals surface area contributed by atoms with Gasteiger partial charge < -0.3 is 23.1 Å². The van der Waals surface area contributed by atoms with Crippen LogP contribution in [0.25, 0.3) is 0 Å². The van der Waals surface area contributed by atoms with Crippen molar-refractivity contribution < 1.29 is 23.1 Å². The highest BCUT2D eigenvalue weighted by Gasteiger charge is 1.88. The second-order valence-electron chi connectivity index (χ2n) is 5.76. The van der Waals surface area contributed by atoms with Gasteiger partial charge in [0.2, 0.25) is 0 Å². The van der Waals surface area contributed by atoms with Crippen LogP contribution in [0.1, 0.15) is 0 Å². The van der Waals surface area contributed by atoms with Gasteiger partial charge >= 0.3 is 0 Å². The maximum Gasteiger partial charge on any atom is 0.0809 e. The van der Waals surface area contributed by atoms with E-state index in [0.717, 1.165) is 8.97 Å². The molecule has 15 heavy (non-hydrogen) atoms. The molecule has 94 valence electrons. The molecule has 0 spiro atoms. The Balaban J connectivity index is -0.000000144. The molecule has 0 saturated carbocycles. The largest absolute Gasteiger partial charge is 0.870 e. The fourth-order valence-corrected chi connectivity index (χ4v) is 0. The summed E-state index contributed by atoms with van der Waals surface area (Å²) >= 11 is 2.89. The van der Waals surface area contributed by atoms with Gasteiger partial charge in [0.15, 0.2) is 0 Å². The fraction of sp³-hybridized carbons (Fsp3) is 1.00. The minimum atomic E-state index is -2.25. The molecule has 0 saturated heterocycles. The van der Waals surface area contributed by atoms with Crippen LogP contribution in [0.15, 0.2) is 0 Å². The molecule has 0 aliphatic carbocycles. The van der Waals surface area contributed by atoms with Gasteiger partial charge in [0.1, 0.15) is 0 Å². The third-order valence-electron chi connectivity index (χ3n) is 0.0861. The molecule has 0 aliphatic heterocycles. The van der Waals surface area contributed by atoms with E-state index >= 15 is 0 Å². The van der Waals surface area contributed by atoms with E-state index in [1.54, 1.807) is 0 Å². The van der Waals surface area contributed by atoms with Crippen molar-refractivity contribution in [1.82, 2.24) is 0 Å². The van der Waals surface area contributed by atoms with E-state index in [4.69, 9.17) is 10.0 Å². The first-order valence-electron chi connectivity index (χ1n) is 4.47. The summed E-state index contributed by atoms with van der Waals surface area (Å²) in [5, 5.41) is 18.1. The predicted molar refractivity (Wildman–Crippen MR) is 63.7 cm³/mol. The minimum absolute atomic E-state index is 1.00. The average Bonchev–Trinajstić information content (AvgIpc) is 1.79. The van der Waals surface area contributed by atoms with E-state index in [1.165, 1.54) is 0 Å². The number of nitrogens with zero attached hydrogens (tertiary/aromatic N) is 2. The van der Waals surface area contributed by atoms with E-state index in [-0.39, 0.29) is 0 Å². The quantitative estimate of drug-likeness (QED) is 0.254. The lowest BCUT2D eigenvalue weighted by atomic mass is 10.3. The van der Waals surface area contributed by atoms with Gasteiger partial charge in [-0.3, -0.25) is 0 Å². The standard InChI is InChI=1S/2C4H12N.BHO3S/c2*1-5(2,3)4;2-1(3)4-5/h2*1-4H3;5H/q2*+1;-2. The number of rotatable bonds is 1. The van der Waals surface area contributed by atoms with Crippen LogP contribution >= 0.6 is 12.9 Å². The third-order valence-corrected chi connectivity index (χ3v) is 0.258. The van der Waals surface area contributed by atoms with Gasteiger partial charge in [-0.05, 0) is 12.9 Å². The summed E-state index contributed by atoms with van der Waals surface area (Å²) in [6.07, 6.45) is 0. The van der Waals surface area contributed by atoms with Crippen LogP contribution in [0.3, 0.4) is 0 Å². The van der Waals surface area contributed by atoms with Crippen LogP contribution in [0.2, 0.25) is 0 Å². The molecule has 0 aromatic carbocycles. The lowest BCUT2D eigenvalue weighted by molar-refractivity contribution is -0.849.